The Hall–Kier alpha value is -2.20. The first kappa shape index (κ1) is 12.8. The number of rotatable bonds is 4. The van der Waals surface area contributed by atoms with Gasteiger partial charge >= 0.3 is 0 Å². The van der Waals surface area contributed by atoms with Crippen molar-refractivity contribution < 1.29 is 0 Å². The summed E-state index contributed by atoms with van der Waals surface area (Å²) in [5.41, 5.74) is 3.40. The highest BCUT2D eigenvalue weighted by molar-refractivity contribution is 5.82. The summed E-state index contributed by atoms with van der Waals surface area (Å²) in [5.74, 6) is 0. The van der Waals surface area contributed by atoms with Crippen molar-refractivity contribution in [3.05, 3.63) is 60.0 Å². The third kappa shape index (κ3) is 2.30. The molecule has 0 fully saturated rings. The van der Waals surface area contributed by atoms with Crippen LogP contribution in [-0.4, -0.2) is 21.3 Å². The van der Waals surface area contributed by atoms with Crippen LogP contribution in [0.2, 0.25) is 0 Å². The highest BCUT2D eigenvalue weighted by Gasteiger charge is 2.17. The van der Waals surface area contributed by atoms with E-state index in [9.17, 15) is 0 Å². The summed E-state index contributed by atoms with van der Waals surface area (Å²) in [6.07, 6.45) is 5.81. The number of nitrogens with one attached hydrogen (secondary N) is 1. The molecule has 0 aliphatic heterocycles. The number of fused-ring (bicyclic) bond motifs is 1. The summed E-state index contributed by atoms with van der Waals surface area (Å²) in [6.45, 7) is 3.00. The predicted molar refractivity (Wildman–Crippen MR) is 80.5 cm³/mol. The van der Waals surface area contributed by atoms with E-state index in [4.69, 9.17) is 0 Å². The van der Waals surface area contributed by atoms with Crippen molar-refractivity contribution in [1.82, 2.24) is 20.1 Å². The molecular formula is C16H18N4. The molecule has 0 saturated carbocycles. The summed E-state index contributed by atoms with van der Waals surface area (Å²) in [6, 6.07) is 10.5. The summed E-state index contributed by atoms with van der Waals surface area (Å²) < 4.78 is 1.83. The molecule has 4 nitrogen and oxygen atoms in total. The molecule has 0 saturated heterocycles. The second-order valence-corrected chi connectivity index (χ2v) is 4.86. The first-order valence-corrected chi connectivity index (χ1v) is 6.85. The Kier molecular flexibility index (Phi) is 3.48. The van der Waals surface area contributed by atoms with Crippen LogP contribution < -0.4 is 5.32 Å². The molecule has 1 unspecified atom stereocenters. The smallest absolute Gasteiger partial charge is 0.0753 e. The fraction of sp³-hybridized carbons (Fsp3) is 0.250. The maximum Gasteiger partial charge on any atom is 0.0753 e. The lowest BCUT2D eigenvalue weighted by Gasteiger charge is -2.18. The van der Waals surface area contributed by atoms with Crippen molar-refractivity contribution in [1.29, 1.82) is 0 Å². The number of benzene rings is 1. The zero-order valence-electron chi connectivity index (χ0n) is 11.7. The van der Waals surface area contributed by atoms with Crippen molar-refractivity contribution in [3.63, 3.8) is 0 Å². The number of aryl methyl sites for hydroxylation is 1. The first-order valence-electron chi connectivity index (χ1n) is 6.85. The van der Waals surface area contributed by atoms with Gasteiger partial charge in [0.25, 0.3) is 0 Å². The molecule has 4 heteroatoms. The van der Waals surface area contributed by atoms with Crippen LogP contribution in [0.25, 0.3) is 10.9 Å². The minimum Gasteiger partial charge on any atom is -0.306 e. The Morgan fingerprint density at radius 2 is 2.10 bits per heavy atom. The molecule has 1 aromatic carbocycles. The third-order valence-electron chi connectivity index (χ3n) is 3.44. The largest absolute Gasteiger partial charge is 0.306 e. The molecule has 0 spiro atoms. The SMILES string of the molecule is CCNC(c1cnn(C)c1)c1cccc2cccnc12. The van der Waals surface area contributed by atoms with Crippen LogP contribution in [0.4, 0.5) is 0 Å². The number of pyridine rings is 1. The summed E-state index contributed by atoms with van der Waals surface area (Å²) in [5, 5.41) is 8.97. The fourth-order valence-corrected chi connectivity index (χ4v) is 2.56. The first-order chi connectivity index (χ1) is 9.79. The van der Waals surface area contributed by atoms with Crippen molar-refractivity contribution in [2.24, 2.45) is 7.05 Å². The van der Waals surface area contributed by atoms with Gasteiger partial charge in [0.15, 0.2) is 0 Å². The van der Waals surface area contributed by atoms with Crippen molar-refractivity contribution >= 4 is 10.9 Å². The van der Waals surface area contributed by atoms with E-state index in [1.807, 2.05) is 30.2 Å². The molecule has 0 aliphatic carbocycles. The van der Waals surface area contributed by atoms with Crippen molar-refractivity contribution in [2.75, 3.05) is 6.54 Å². The zero-order chi connectivity index (χ0) is 13.9. The van der Waals surface area contributed by atoms with Gasteiger partial charge in [-0.1, -0.05) is 31.2 Å². The predicted octanol–water partition coefficient (Wildman–Crippen LogP) is 2.67. The summed E-state index contributed by atoms with van der Waals surface area (Å²) >= 11 is 0. The van der Waals surface area contributed by atoms with Gasteiger partial charge < -0.3 is 5.32 Å². The minimum absolute atomic E-state index is 0.118. The average molecular weight is 266 g/mol. The molecule has 0 radical (unpaired) electrons. The van der Waals surface area contributed by atoms with Gasteiger partial charge in [-0.15, -0.1) is 0 Å². The topological polar surface area (TPSA) is 42.7 Å². The van der Waals surface area contributed by atoms with Gasteiger partial charge in [-0.3, -0.25) is 9.67 Å². The van der Waals surface area contributed by atoms with E-state index < -0.39 is 0 Å². The maximum absolute atomic E-state index is 4.55. The molecule has 20 heavy (non-hydrogen) atoms. The standard InChI is InChI=1S/C16H18N4/c1-3-17-16(13-10-19-20(2)11-13)14-8-4-6-12-7-5-9-18-15(12)14/h4-11,16-17H,3H2,1-2H3. The molecule has 1 atom stereocenters. The normalized spacial score (nSPS) is 12.7. The highest BCUT2D eigenvalue weighted by Crippen LogP contribution is 2.27. The minimum atomic E-state index is 0.118. The van der Waals surface area contributed by atoms with Crippen LogP contribution in [0.15, 0.2) is 48.9 Å². The lowest BCUT2D eigenvalue weighted by molar-refractivity contribution is 0.632. The number of hydrogen-bond donors (Lipinski definition) is 1. The number of hydrogen-bond acceptors (Lipinski definition) is 3. The second-order valence-electron chi connectivity index (χ2n) is 4.86. The van der Waals surface area contributed by atoms with E-state index in [0.29, 0.717) is 0 Å². The fourth-order valence-electron chi connectivity index (χ4n) is 2.56. The third-order valence-corrected chi connectivity index (χ3v) is 3.44. The van der Waals surface area contributed by atoms with Crippen molar-refractivity contribution in [2.45, 2.75) is 13.0 Å². The van der Waals surface area contributed by atoms with Crippen LogP contribution in [0.1, 0.15) is 24.1 Å². The Labute approximate surface area is 118 Å². The van der Waals surface area contributed by atoms with E-state index >= 15 is 0 Å². The Bertz CT molecular complexity index is 712. The number of aromatic nitrogens is 3. The van der Waals surface area contributed by atoms with Gasteiger partial charge in [-0.25, -0.2) is 0 Å². The Balaban J connectivity index is 2.14. The van der Waals surface area contributed by atoms with Gasteiger partial charge in [0, 0.05) is 30.4 Å². The van der Waals surface area contributed by atoms with Gasteiger partial charge in [-0.05, 0) is 18.2 Å². The highest BCUT2D eigenvalue weighted by atomic mass is 15.2. The lowest BCUT2D eigenvalue weighted by Crippen LogP contribution is -2.22. The number of nitrogens with zero attached hydrogens (tertiary/aromatic N) is 3. The van der Waals surface area contributed by atoms with E-state index in [1.165, 1.54) is 5.56 Å². The van der Waals surface area contributed by atoms with Gasteiger partial charge in [0.05, 0.1) is 17.8 Å². The van der Waals surface area contributed by atoms with Gasteiger partial charge in [-0.2, -0.15) is 5.10 Å². The monoisotopic (exact) mass is 266 g/mol. The summed E-state index contributed by atoms with van der Waals surface area (Å²) in [4.78, 5) is 4.55. The Morgan fingerprint density at radius 1 is 1.25 bits per heavy atom. The molecule has 3 rings (SSSR count). The van der Waals surface area contributed by atoms with Crippen molar-refractivity contribution in [3.8, 4) is 0 Å². The quantitative estimate of drug-likeness (QED) is 0.789. The molecule has 0 bridgehead atoms. The molecule has 0 aliphatic rings. The molecule has 1 N–H and O–H groups in total. The van der Waals surface area contributed by atoms with Crippen LogP contribution in [0.5, 0.6) is 0 Å². The molecule has 3 aromatic rings. The second kappa shape index (κ2) is 5.43. The molecule has 2 heterocycles. The Morgan fingerprint density at radius 3 is 2.85 bits per heavy atom. The molecular weight excluding hydrogens is 248 g/mol. The number of para-hydroxylation sites is 1. The maximum atomic E-state index is 4.55. The van der Waals surface area contributed by atoms with E-state index in [1.54, 1.807) is 0 Å². The van der Waals surface area contributed by atoms with Gasteiger partial charge in [0.1, 0.15) is 0 Å². The zero-order valence-corrected chi connectivity index (χ0v) is 11.7. The molecule has 2 aromatic heterocycles. The van der Waals surface area contributed by atoms with E-state index in [-0.39, 0.29) is 6.04 Å². The van der Waals surface area contributed by atoms with E-state index in [2.05, 4.69) is 52.8 Å². The van der Waals surface area contributed by atoms with Crippen LogP contribution >= 0.6 is 0 Å². The van der Waals surface area contributed by atoms with E-state index in [0.717, 1.165) is 23.0 Å². The average Bonchev–Trinajstić information content (AvgIpc) is 2.91. The van der Waals surface area contributed by atoms with Crippen LogP contribution in [-0.2, 0) is 7.05 Å². The van der Waals surface area contributed by atoms with Crippen LogP contribution in [0.3, 0.4) is 0 Å². The lowest BCUT2D eigenvalue weighted by atomic mass is 9.98. The van der Waals surface area contributed by atoms with Crippen LogP contribution in [0, 0.1) is 0 Å². The summed E-state index contributed by atoms with van der Waals surface area (Å²) in [7, 11) is 1.94. The van der Waals surface area contributed by atoms with Gasteiger partial charge in [0.2, 0.25) is 0 Å². The molecule has 102 valence electrons. The molecule has 0 amide bonds.